The molecular formula is C11H10F2N2O. The van der Waals surface area contributed by atoms with Gasteiger partial charge in [-0.3, -0.25) is 0 Å². The van der Waals surface area contributed by atoms with E-state index in [2.05, 4.69) is 10.2 Å². The Morgan fingerprint density at radius 2 is 1.94 bits per heavy atom. The fourth-order valence-electron chi connectivity index (χ4n) is 1.25. The summed E-state index contributed by atoms with van der Waals surface area (Å²) in [5, 5.41) is 7.44. The van der Waals surface area contributed by atoms with Crippen LogP contribution < -0.4 is 0 Å². The second-order valence-corrected chi connectivity index (χ2v) is 3.70. The fourth-order valence-corrected chi connectivity index (χ4v) is 1.25. The summed E-state index contributed by atoms with van der Waals surface area (Å²) < 4.78 is 31.6. The van der Waals surface area contributed by atoms with Crippen LogP contribution in [0.2, 0.25) is 0 Å². The first kappa shape index (κ1) is 10.7. The monoisotopic (exact) mass is 224 g/mol. The van der Waals surface area contributed by atoms with Crippen molar-refractivity contribution < 1.29 is 13.2 Å². The lowest BCUT2D eigenvalue weighted by atomic mass is 10.2. The molecule has 0 aliphatic carbocycles. The van der Waals surface area contributed by atoms with E-state index in [-0.39, 0.29) is 17.4 Å². The molecule has 0 atom stereocenters. The van der Waals surface area contributed by atoms with Gasteiger partial charge in [-0.15, -0.1) is 10.2 Å². The molecule has 84 valence electrons. The molecule has 0 saturated heterocycles. The molecule has 0 amide bonds. The highest BCUT2D eigenvalue weighted by Crippen LogP contribution is 2.24. The van der Waals surface area contributed by atoms with Crippen molar-refractivity contribution in [3.05, 3.63) is 35.7 Å². The van der Waals surface area contributed by atoms with Crippen LogP contribution in [0.1, 0.15) is 25.7 Å². The number of halogens is 2. The van der Waals surface area contributed by atoms with Gasteiger partial charge in [0.25, 0.3) is 5.89 Å². The second-order valence-electron chi connectivity index (χ2n) is 3.70. The highest BCUT2D eigenvalue weighted by Gasteiger charge is 2.16. The third-order valence-corrected chi connectivity index (χ3v) is 2.12. The van der Waals surface area contributed by atoms with Crippen molar-refractivity contribution in [3.63, 3.8) is 0 Å². The summed E-state index contributed by atoms with van der Waals surface area (Å²) in [4.78, 5) is 0. The van der Waals surface area contributed by atoms with Crippen LogP contribution in [0.5, 0.6) is 0 Å². The van der Waals surface area contributed by atoms with Gasteiger partial charge >= 0.3 is 0 Å². The minimum Gasteiger partial charge on any atom is -0.420 e. The molecule has 16 heavy (non-hydrogen) atoms. The van der Waals surface area contributed by atoms with Crippen LogP contribution >= 0.6 is 0 Å². The van der Waals surface area contributed by atoms with Gasteiger partial charge in [0.2, 0.25) is 5.89 Å². The van der Waals surface area contributed by atoms with Gasteiger partial charge in [0.15, 0.2) is 11.6 Å². The first-order chi connectivity index (χ1) is 7.59. The minimum atomic E-state index is -0.971. The highest BCUT2D eigenvalue weighted by molar-refractivity contribution is 5.53. The Bertz CT molecular complexity index is 508. The third-order valence-electron chi connectivity index (χ3n) is 2.12. The van der Waals surface area contributed by atoms with Crippen LogP contribution in [0, 0.1) is 11.6 Å². The Hall–Kier alpha value is -1.78. The molecule has 3 nitrogen and oxygen atoms in total. The standard InChI is InChI=1S/C11H10F2N2O/c1-6(2)10-14-15-11(16-10)7-4-3-5-8(12)9(7)13/h3-6H,1-2H3. The Balaban J connectivity index is 2.47. The number of benzene rings is 1. The van der Waals surface area contributed by atoms with Crippen molar-refractivity contribution in [1.82, 2.24) is 10.2 Å². The van der Waals surface area contributed by atoms with Crippen LogP contribution in [0.4, 0.5) is 8.78 Å². The van der Waals surface area contributed by atoms with Gasteiger partial charge in [-0.05, 0) is 12.1 Å². The van der Waals surface area contributed by atoms with Crippen LogP contribution in [0.3, 0.4) is 0 Å². The van der Waals surface area contributed by atoms with E-state index >= 15 is 0 Å². The molecular weight excluding hydrogens is 214 g/mol. The molecule has 1 heterocycles. The van der Waals surface area contributed by atoms with Gasteiger partial charge in [-0.1, -0.05) is 19.9 Å². The largest absolute Gasteiger partial charge is 0.420 e. The number of hydrogen-bond donors (Lipinski definition) is 0. The zero-order chi connectivity index (χ0) is 11.7. The molecule has 0 saturated carbocycles. The Kier molecular flexibility index (Phi) is 2.68. The molecule has 0 aliphatic heterocycles. The first-order valence-electron chi connectivity index (χ1n) is 4.87. The van der Waals surface area contributed by atoms with Crippen molar-refractivity contribution in [2.24, 2.45) is 0 Å². The van der Waals surface area contributed by atoms with Gasteiger partial charge in [0.05, 0.1) is 5.56 Å². The van der Waals surface area contributed by atoms with Crippen molar-refractivity contribution >= 4 is 0 Å². The summed E-state index contributed by atoms with van der Waals surface area (Å²) in [7, 11) is 0. The Morgan fingerprint density at radius 1 is 1.19 bits per heavy atom. The summed E-state index contributed by atoms with van der Waals surface area (Å²) in [6.07, 6.45) is 0. The zero-order valence-corrected chi connectivity index (χ0v) is 8.87. The summed E-state index contributed by atoms with van der Waals surface area (Å²) in [5.74, 6) is -1.44. The molecule has 0 bridgehead atoms. The highest BCUT2D eigenvalue weighted by atomic mass is 19.2. The Morgan fingerprint density at radius 3 is 2.56 bits per heavy atom. The van der Waals surface area contributed by atoms with E-state index in [1.165, 1.54) is 12.1 Å². The van der Waals surface area contributed by atoms with Crippen molar-refractivity contribution in [1.29, 1.82) is 0 Å². The average molecular weight is 224 g/mol. The zero-order valence-electron chi connectivity index (χ0n) is 8.87. The average Bonchev–Trinajstić information content (AvgIpc) is 2.71. The van der Waals surface area contributed by atoms with E-state index in [0.717, 1.165) is 6.07 Å². The van der Waals surface area contributed by atoms with E-state index in [1.54, 1.807) is 0 Å². The smallest absolute Gasteiger partial charge is 0.250 e. The maximum atomic E-state index is 13.4. The third kappa shape index (κ3) is 1.80. The fraction of sp³-hybridized carbons (Fsp3) is 0.273. The van der Waals surface area contributed by atoms with Crippen molar-refractivity contribution in [3.8, 4) is 11.5 Å². The van der Waals surface area contributed by atoms with Crippen LogP contribution in [0.15, 0.2) is 22.6 Å². The first-order valence-corrected chi connectivity index (χ1v) is 4.87. The molecule has 0 aliphatic rings. The molecule has 0 spiro atoms. The van der Waals surface area contributed by atoms with Crippen LogP contribution in [-0.4, -0.2) is 10.2 Å². The lowest BCUT2D eigenvalue weighted by molar-refractivity contribution is 0.471. The van der Waals surface area contributed by atoms with E-state index in [1.807, 2.05) is 13.8 Å². The molecule has 0 unspecified atom stereocenters. The molecule has 5 heteroatoms. The van der Waals surface area contributed by atoms with E-state index in [0.29, 0.717) is 5.89 Å². The normalized spacial score (nSPS) is 11.1. The lowest BCUT2D eigenvalue weighted by Gasteiger charge is -1.98. The molecule has 0 radical (unpaired) electrons. The number of aromatic nitrogens is 2. The van der Waals surface area contributed by atoms with Crippen LogP contribution in [-0.2, 0) is 0 Å². The predicted molar refractivity (Wildman–Crippen MR) is 53.7 cm³/mol. The lowest BCUT2D eigenvalue weighted by Crippen LogP contribution is -1.88. The molecule has 0 fully saturated rings. The minimum absolute atomic E-state index is 0.000648. The quantitative estimate of drug-likeness (QED) is 0.786. The van der Waals surface area contributed by atoms with Crippen molar-refractivity contribution in [2.75, 3.05) is 0 Å². The molecule has 2 aromatic rings. The van der Waals surface area contributed by atoms with Crippen LogP contribution in [0.25, 0.3) is 11.5 Å². The van der Waals surface area contributed by atoms with E-state index in [4.69, 9.17) is 4.42 Å². The number of hydrogen-bond acceptors (Lipinski definition) is 3. The molecule has 2 rings (SSSR count). The van der Waals surface area contributed by atoms with Gasteiger partial charge in [0, 0.05) is 5.92 Å². The Labute approximate surface area is 91.1 Å². The van der Waals surface area contributed by atoms with Gasteiger partial charge in [-0.2, -0.15) is 0 Å². The maximum Gasteiger partial charge on any atom is 0.250 e. The number of nitrogens with zero attached hydrogens (tertiary/aromatic N) is 2. The number of rotatable bonds is 2. The summed E-state index contributed by atoms with van der Waals surface area (Å²) >= 11 is 0. The molecule has 1 aromatic heterocycles. The predicted octanol–water partition coefficient (Wildman–Crippen LogP) is 3.14. The SMILES string of the molecule is CC(C)c1nnc(-c2cccc(F)c2F)o1. The van der Waals surface area contributed by atoms with Gasteiger partial charge < -0.3 is 4.42 Å². The van der Waals surface area contributed by atoms with Crippen molar-refractivity contribution in [2.45, 2.75) is 19.8 Å². The molecule has 1 aromatic carbocycles. The summed E-state index contributed by atoms with van der Waals surface area (Å²) in [6.45, 7) is 3.75. The van der Waals surface area contributed by atoms with Gasteiger partial charge in [0.1, 0.15) is 0 Å². The molecule has 0 N–H and O–H groups in total. The second kappa shape index (κ2) is 4.00. The summed E-state index contributed by atoms with van der Waals surface area (Å²) in [6, 6.07) is 3.83. The van der Waals surface area contributed by atoms with Gasteiger partial charge in [-0.25, -0.2) is 8.78 Å². The van der Waals surface area contributed by atoms with E-state index in [9.17, 15) is 8.78 Å². The van der Waals surface area contributed by atoms with E-state index < -0.39 is 11.6 Å². The summed E-state index contributed by atoms with van der Waals surface area (Å²) in [5.41, 5.74) is -0.0144. The maximum absolute atomic E-state index is 13.4. The topological polar surface area (TPSA) is 38.9 Å².